The molecule has 1 aliphatic rings. The van der Waals surface area contributed by atoms with E-state index < -0.39 is 0 Å². The van der Waals surface area contributed by atoms with Gasteiger partial charge in [0.15, 0.2) is 0 Å². The number of aliphatic hydroxyl groups is 1. The number of anilines is 2. The van der Waals surface area contributed by atoms with Crippen LogP contribution in [0.25, 0.3) is 20.4 Å². The van der Waals surface area contributed by atoms with Crippen molar-refractivity contribution in [3.05, 3.63) is 44.6 Å². The molecular weight excluding hydrogens is 470 g/mol. The maximum atomic E-state index is 12.7. The summed E-state index contributed by atoms with van der Waals surface area (Å²) >= 11 is 2.89. The number of H-pyrrole nitrogens is 1. The summed E-state index contributed by atoms with van der Waals surface area (Å²) in [5, 5.41) is 13.4. The number of thiophene rings is 1. The molecule has 0 fully saturated rings. The second-order valence-electron chi connectivity index (χ2n) is 8.82. The minimum atomic E-state index is -0.0622. The van der Waals surface area contributed by atoms with Crippen molar-refractivity contribution >= 4 is 60.5 Å². The number of unbranched alkanes of at least 4 members (excludes halogenated alkanes) is 1. The lowest BCUT2D eigenvalue weighted by molar-refractivity contribution is -0.131. The lowest BCUT2D eigenvalue weighted by atomic mass is 9.85. The molecule has 5 rings (SSSR count). The van der Waals surface area contributed by atoms with Crippen LogP contribution in [0.2, 0.25) is 0 Å². The van der Waals surface area contributed by atoms with E-state index in [2.05, 4.69) is 20.3 Å². The number of aromatic nitrogens is 3. The normalized spacial score (nSPS) is 15.5. The van der Waals surface area contributed by atoms with Crippen LogP contribution < -0.4 is 10.2 Å². The van der Waals surface area contributed by atoms with Crippen molar-refractivity contribution in [2.45, 2.75) is 38.5 Å². The zero-order valence-electron chi connectivity index (χ0n) is 19.0. The average molecular weight is 498 g/mol. The zero-order valence-corrected chi connectivity index (χ0v) is 20.6. The first-order valence-corrected chi connectivity index (χ1v) is 13.1. The predicted octanol–water partition coefficient (Wildman–Crippen LogP) is 4.06. The number of aryl methyl sites for hydroxylation is 1. The van der Waals surface area contributed by atoms with Crippen LogP contribution in [0.3, 0.4) is 0 Å². The molecule has 1 atom stereocenters. The number of aliphatic hydroxyl groups excluding tert-OH is 1. The van der Waals surface area contributed by atoms with Crippen molar-refractivity contribution < 1.29 is 9.90 Å². The van der Waals surface area contributed by atoms with Crippen molar-refractivity contribution in [3.63, 3.8) is 0 Å². The van der Waals surface area contributed by atoms with E-state index in [0.717, 1.165) is 64.0 Å². The minimum Gasteiger partial charge on any atom is -0.396 e. The molecule has 3 N–H and O–H groups in total. The van der Waals surface area contributed by atoms with Gasteiger partial charge in [-0.25, -0.2) is 9.97 Å². The summed E-state index contributed by atoms with van der Waals surface area (Å²) in [5.74, 6) is 1.29. The van der Waals surface area contributed by atoms with Crippen LogP contribution in [0.1, 0.15) is 36.1 Å². The van der Waals surface area contributed by atoms with Crippen molar-refractivity contribution in [1.29, 1.82) is 0 Å². The van der Waals surface area contributed by atoms with Gasteiger partial charge in [0.1, 0.15) is 17.0 Å². The molecule has 0 saturated heterocycles. The highest BCUT2D eigenvalue weighted by atomic mass is 32.1. The molecule has 0 saturated carbocycles. The number of fused-ring (bicyclic) bond motifs is 4. The van der Waals surface area contributed by atoms with Gasteiger partial charge in [-0.15, -0.1) is 11.3 Å². The molecule has 1 unspecified atom stereocenters. The lowest BCUT2D eigenvalue weighted by Gasteiger charge is -2.25. The largest absolute Gasteiger partial charge is 0.396 e. The Kier molecular flexibility index (Phi) is 6.62. The van der Waals surface area contributed by atoms with E-state index in [-0.39, 0.29) is 17.4 Å². The van der Waals surface area contributed by atoms with Gasteiger partial charge in [-0.3, -0.25) is 9.59 Å². The monoisotopic (exact) mass is 497 g/mol. The highest BCUT2D eigenvalue weighted by Crippen LogP contribution is 2.41. The van der Waals surface area contributed by atoms with Gasteiger partial charge in [0.2, 0.25) is 5.91 Å². The van der Waals surface area contributed by atoms with Crippen LogP contribution in [-0.2, 0) is 17.6 Å². The fourth-order valence-corrected chi connectivity index (χ4v) is 6.67. The first kappa shape index (κ1) is 22.9. The number of carbonyl (C=O) groups is 1. The third kappa shape index (κ3) is 4.70. The highest BCUT2D eigenvalue weighted by molar-refractivity contribution is 7.19. The van der Waals surface area contributed by atoms with Crippen LogP contribution in [0, 0.1) is 5.92 Å². The van der Waals surface area contributed by atoms with Gasteiger partial charge in [0.05, 0.1) is 15.6 Å². The molecule has 3 heterocycles. The Morgan fingerprint density at radius 3 is 3.03 bits per heavy atom. The van der Waals surface area contributed by atoms with Gasteiger partial charge in [0, 0.05) is 37.2 Å². The molecule has 0 aliphatic heterocycles. The van der Waals surface area contributed by atoms with Crippen molar-refractivity contribution in [1.82, 2.24) is 19.9 Å². The zero-order chi connectivity index (χ0) is 23.7. The first-order chi connectivity index (χ1) is 16.5. The third-order valence-corrected chi connectivity index (χ3v) is 8.43. The lowest BCUT2D eigenvalue weighted by Crippen LogP contribution is -2.30. The maximum Gasteiger partial charge on any atom is 0.305 e. The van der Waals surface area contributed by atoms with Crippen molar-refractivity contribution in [2.24, 2.45) is 5.92 Å². The number of nitrogens with zero attached hydrogens (tertiary/aromatic N) is 3. The summed E-state index contributed by atoms with van der Waals surface area (Å²) < 4.78 is 0.904. The second kappa shape index (κ2) is 9.81. The van der Waals surface area contributed by atoms with E-state index in [0.29, 0.717) is 18.9 Å². The van der Waals surface area contributed by atoms with Crippen LogP contribution in [0.15, 0.2) is 29.3 Å². The number of nitrogens with one attached hydrogen (secondary N) is 2. The Morgan fingerprint density at radius 1 is 1.29 bits per heavy atom. The van der Waals surface area contributed by atoms with Gasteiger partial charge < -0.3 is 20.3 Å². The molecule has 178 valence electrons. The SMILES string of the molecule is CN(CCCCO)C(=O)CC1CCc2c(sc3ncnc(Nc4ccc5[nH]c(=O)sc5c4)c23)C1. The maximum absolute atomic E-state index is 12.7. The summed E-state index contributed by atoms with van der Waals surface area (Å²) in [4.78, 5) is 40.2. The van der Waals surface area contributed by atoms with Crippen LogP contribution in [0.5, 0.6) is 0 Å². The van der Waals surface area contributed by atoms with Crippen LogP contribution in [0.4, 0.5) is 11.5 Å². The van der Waals surface area contributed by atoms with E-state index in [4.69, 9.17) is 5.11 Å². The van der Waals surface area contributed by atoms with E-state index in [1.807, 2.05) is 25.2 Å². The topological polar surface area (TPSA) is 111 Å². The minimum absolute atomic E-state index is 0.0622. The van der Waals surface area contributed by atoms with Crippen LogP contribution >= 0.6 is 22.7 Å². The Balaban J connectivity index is 1.33. The van der Waals surface area contributed by atoms with Gasteiger partial charge in [-0.1, -0.05) is 11.3 Å². The fraction of sp³-hybridized carbons (Fsp3) is 0.417. The number of thiazole rings is 1. The van der Waals surface area contributed by atoms with Gasteiger partial charge >= 0.3 is 4.87 Å². The van der Waals surface area contributed by atoms with E-state index in [1.165, 1.54) is 21.8 Å². The molecule has 3 aromatic heterocycles. The smallest absolute Gasteiger partial charge is 0.305 e. The van der Waals surface area contributed by atoms with Crippen molar-refractivity contribution in [2.75, 3.05) is 25.5 Å². The molecule has 4 aromatic rings. The second-order valence-corrected chi connectivity index (χ2v) is 10.9. The van der Waals surface area contributed by atoms with Gasteiger partial charge in [0.25, 0.3) is 0 Å². The van der Waals surface area contributed by atoms with E-state index >= 15 is 0 Å². The molecule has 10 heteroatoms. The van der Waals surface area contributed by atoms with E-state index in [9.17, 15) is 9.59 Å². The number of rotatable bonds is 8. The highest BCUT2D eigenvalue weighted by Gasteiger charge is 2.27. The average Bonchev–Trinajstić information content (AvgIpc) is 3.38. The van der Waals surface area contributed by atoms with Crippen molar-refractivity contribution in [3.8, 4) is 0 Å². The molecule has 34 heavy (non-hydrogen) atoms. The number of hydrogen-bond acceptors (Lipinski definition) is 8. The molecule has 8 nitrogen and oxygen atoms in total. The fourth-order valence-electron chi connectivity index (χ4n) is 4.60. The number of amides is 1. The molecule has 1 aromatic carbocycles. The molecular formula is C24H27N5O3S2. The molecule has 1 amide bonds. The Labute approximate surface area is 204 Å². The summed E-state index contributed by atoms with van der Waals surface area (Å²) in [6.45, 7) is 0.859. The number of benzene rings is 1. The van der Waals surface area contributed by atoms with Gasteiger partial charge in [-0.05, 0) is 61.8 Å². The van der Waals surface area contributed by atoms with E-state index in [1.54, 1.807) is 22.6 Å². The predicted molar refractivity (Wildman–Crippen MR) is 137 cm³/mol. The van der Waals surface area contributed by atoms with Gasteiger partial charge in [-0.2, -0.15) is 0 Å². The number of carbonyl (C=O) groups excluding carboxylic acids is 1. The molecule has 0 spiro atoms. The number of hydrogen-bond donors (Lipinski definition) is 3. The third-order valence-electron chi connectivity index (χ3n) is 6.42. The summed E-state index contributed by atoms with van der Waals surface area (Å²) in [5.41, 5.74) is 3.00. The summed E-state index contributed by atoms with van der Waals surface area (Å²) in [7, 11) is 1.85. The summed E-state index contributed by atoms with van der Waals surface area (Å²) in [6.07, 6.45) is 6.45. The number of aromatic amines is 1. The Bertz CT molecular complexity index is 1390. The Hall–Kier alpha value is -2.82. The molecule has 1 aliphatic carbocycles. The van der Waals surface area contributed by atoms with Crippen LogP contribution in [-0.4, -0.2) is 51.1 Å². The molecule has 0 bridgehead atoms. The summed E-state index contributed by atoms with van der Waals surface area (Å²) in [6, 6.07) is 5.80. The molecule has 0 radical (unpaired) electrons. The Morgan fingerprint density at radius 2 is 2.18 bits per heavy atom. The first-order valence-electron chi connectivity index (χ1n) is 11.5. The quantitative estimate of drug-likeness (QED) is 0.317. The standard InChI is InChI=1S/C24H27N5O3S2/c1-29(8-2-3-9-30)20(31)11-14-4-6-16-18(10-14)33-23-21(16)22(25-13-26-23)27-15-5-7-17-19(12-15)34-24(32)28-17/h5,7,12-14,30H,2-4,6,8-11H2,1H3,(H,28,32)(H,25,26,27).